The fourth-order valence-corrected chi connectivity index (χ4v) is 1.58. The minimum Gasteiger partial charge on any atom is -0.373 e. The van der Waals surface area contributed by atoms with Crippen molar-refractivity contribution in [1.82, 2.24) is 4.90 Å². The van der Waals surface area contributed by atoms with Crippen molar-refractivity contribution in [2.24, 2.45) is 5.73 Å². The van der Waals surface area contributed by atoms with Crippen molar-refractivity contribution >= 4 is 0 Å². The van der Waals surface area contributed by atoms with Gasteiger partial charge in [0.05, 0.1) is 12.2 Å². The maximum Gasteiger partial charge on any atom is 0.0753 e. The summed E-state index contributed by atoms with van der Waals surface area (Å²) < 4.78 is 5.61. The van der Waals surface area contributed by atoms with Gasteiger partial charge in [-0.2, -0.15) is 0 Å². The Morgan fingerprint density at radius 3 is 2.75 bits per heavy atom. The number of morpholine rings is 1. The van der Waals surface area contributed by atoms with Crippen molar-refractivity contribution < 1.29 is 4.74 Å². The van der Waals surface area contributed by atoms with Crippen LogP contribution in [0.2, 0.25) is 0 Å². The lowest BCUT2D eigenvalue weighted by atomic mass is 10.1. The highest BCUT2D eigenvalue weighted by Crippen LogP contribution is 2.17. The van der Waals surface area contributed by atoms with Crippen LogP contribution in [-0.4, -0.2) is 42.8 Å². The van der Waals surface area contributed by atoms with Crippen LogP contribution in [0.5, 0.6) is 0 Å². The molecule has 0 spiro atoms. The van der Waals surface area contributed by atoms with E-state index in [-0.39, 0.29) is 5.60 Å². The van der Waals surface area contributed by atoms with Gasteiger partial charge in [0.25, 0.3) is 0 Å². The second-order valence-electron chi connectivity index (χ2n) is 4.16. The average Bonchev–Trinajstić information content (AvgIpc) is 2.01. The first kappa shape index (κ1) is 9.96. The van der Waals surface area contributed by atoms with Crippen LogP contribution in [0.15, 0.2) is 0 Å². The standard InChI is InChI=1S/C9H20N2O/c1-8(6-10)11-4-5-12-9(2,3)7-11/h8H,4-7,10H2,1-3H3. The van der Waals surface area contributed by atoms with Crippen LogP contribution < -0.4 is 5.73 Å². The van der Waals surface area contributed by atoms with Crippen molar-refractivity contribution in [3.63, 3.8) is 0 Å². The van der Waals surface area contributed by atoms with E-state index in [0.29, 0.717) is 6.04 Å². The molecule has 0 bridgehead atoms. The molecule has 0 aromatic heterocycles. The van der Waals surface area contributed by atoms with Crippen LogP contribution in [0.25, 0.3) is 0 Å². The molecule has 3 nitrogen and oxygen atoms in total. The second-order valence-corrected chi connectivity index (χ2v) is 4.16. The van der Waals surface area contributed by atoms with E-state index in [1.807, 2.05) is 0 Å². The highest BCUT2D eigenvalue weighted by Gasteiger charge is 2.28. The summed E-state index contributed by atoms with van der Waals surface area (Å²) in [4.78, 5) is 2.39. The van der Waals surface area contributed by atoms with Crippen LogP contribution in [0.3, 0.4) is 0 Å². The molecule has 1 rings (SSSR count). The van der Waals surface area contributed by atoms with Gasteiger partial charge in [-0.25, -0.2) is 0 Å². The normalized spacial score (nSPS) is 27.0. The Hall–Kier alpha value is -0.120. The van der Waals surface area contributed by atoms with Gasteiger partial charge in [0, 0.05) is 25.7 Å². The molecule has 1 unspecified atom stereocenters. The van der Waals surface area contributed by atoms with Crippen LogP contribution in [0.1, 0.15) is 20.8 Å². The molecule has 12 heavy (non-hydrogen) atoms. The molecular weight excluding hydrogens is 152 g/mol. The molecule has 0 amide bonds. The van der Waals surface area contributed by atoms with Gasteiger partial charge in [0.1, 0.15) is 0 Å². The zero-order chi connectivity index (χ0) is 9.19. The number of rotatable bonds is 2. The maximum atomic E-state index is 5.61. The molecule has 0 radical (unpaired) electrons. The van der Waals surface area contributed by atoms with Crippen LogP contribution >= 0.6 is 0 Å². The molecule has 3 heteroatoms. The van der Waals surface area contributed by atoms with Crippen molar-refractivity contribution in [2.75, 3.05) is 26.2 Å². The number of nitrogens with two attached hydrogens (primary N) is 1. The Balaban J connectivity index is 2.46. The Morgan fingerprint density at radius 1 is 1.58 bits per heavy atom. The summed E-state index contributed by atoms with van der Waals surface area (Å²) in [6.07, 6.45) is 0. The molecule has 1 atom stereocenters. The first-order valence-corrected chi connectivity index (χ1v) is 4.63. The van der Waals surface area contributed by atoms with E-state index in [1.54, 1.807) is 0 Å². The molecule has 1 aliphatic heterocycles. The van der Waals surface area contributed by atoms with Crippen molar-refractivity contribution in [3.8, 4) is 0 Å². The van der Waals surface area contributed by atoms with Gasteiger partial charge in [0.15, 0.2) is 0 Å². The summed E-state index contributed by atoms with van der Waals surface area (Å²) in [7, 11) is 0. The van der Waals surface area contributed by atoms with E-state index in [2.05, 4.69) is 25.7 Å². The van der Waals surface area contributed by atoms with E-state index in [4.69, 9.17) is 10.5 Å². The van der Waals surface area contributed by atoms with Gasteiger partial charge in [-0.1, -0.05) is 0 Å². The zero-order valence-electron chi connectivity index (χ0n) is 8.34. The Bertz CT molecular complexity index is 147. The molecule has 1 fully saturated rings. The van der Waals surface area contributed by atoms with Gasteiger partial charge < -0.3 is 10.5 Å². The lowest BCUT2D eigenvalue weighted by molar-refractivity contribution is -0.0943. The average molecular weight is 172 g/mol. The van der Waals surface area contributed by atoms with Crippen LogP contribution in [0, 0.1) is 0 Å². The van der Waals surface area contributed by atoms with E-state index in [0.717, 1.165) is 26.2 Å². The molecular formula is C9H20N2O. The molecule has 2 N–H and O–H groups in total. The Labute approximate surface area is 74.9 Å². The number of hydrogen-bond acceptors (Lipinski definition) is 3. The largest absolute Gasteiger partial charge is 0.373 e. The summed E-state index contributed by atoms with van der Waals surface area (Å²) in [5, 5.41) is 0. The highest BCUT2D eigenvalue weighted by atomic mass is 16.5. The Morgan fingerprint density at radius 2 is 2.25 bits per heavy atom. The van der Waals surface area contributed by atoms with Gasteiger partial charge >= 0.3 is 0 Å². The summed E-state index contributed by atoms with van der Waals surface area (Å²) in [5.74, 6) is 0. The topological polar surface area (TPSA) is 38.5 Å². The fourth-order valence-electron chi connectivity index (χ4n) is 1.58. The SMILES string of the molecule is CC(CN)N1CCOC(C)(C)C1. The first-order chi connectivity index (χ1) is 5.55. The van der Waals surface area contributed by atoms with Gasteiger partial charge in [0.2, 0.25) is 0 Å². The molecule has 0 aromatic rings. The summed E-state index contributed by atoms with van der Waals surface area (Å²) in [6.45, 7) is 9.99. The van der Waals surface area contributed by atoms with Crippen molar-refractivity contribution in [2.45, 2.75) is 32.4 Å². The summed E-state index contributed by atoms with van der Waals surface area (Å²) in [5.41, 5.74) is 5.61. The number of ether oxygens (including phenoxy) is 1. The lowest BCUT2D eigenvalue weighted by Crippen LogP contribution is -2.53. The van der Waals surface area contributed by atoms with E-state index < -0.39 is 0 Å². The zero-order valence-corrected chi connectivity index (χ0v) is 8.34. The third-order valence-corrected chi connectivity index (χ3v) is 2.42. The predicted octanol–water partition coefficient (Wildman–Crippen LogP) is 0.444. The molecule has 0 aliphatic carbocycles. The molecule has 0 aromatic carbocycles. The number of nitrogens with zero attached hydrogens (tertiary/aromatic N) is 1. The fraction of sp³-hybridized carbons (Fsp3) is 1.00. The van der Waals surface area contributed by atoms with Crippen molar-refractivity contribution in [1.29, 1.82) is 0 Å². The molecule has 1 heterocycles. The summed E-state index contributed by atoms with van der Waals surface area (Å²) in [6, 6.07) is 0.480. The molecule has 1 saturated heterocycles. The van der Waals surface area contributed by atoms with Crippen LogP contribution in [-0.2, 0) is 4.74 Å². The van der Waals surface area contributed by atoms with Crippen molar-refractivity contribution in [3.05, 3.63) is 0 Å². The third kappa shape index (κ3) is 2.44. The number of hydrogen-bond donors (Lipinski definition) is 1. The molecule has 0 saturated carbocycles. The van der Waals surface area contributed by atoms with E-state index in [1.165, 1.54) is 0 Å². The van der Waals surface area contributed by atoms with Gasteiger partial charge in [-0.15, -0.1) is 0 Å². The molecule has 72 valence electrons. The third-order valence-electron chi connectivity index (χ3n) is 2.42. The highest BCUT2D eigenvalue weighted by molar-refractivity contribution is 4.82. The Kier molecular flexibility index (Phi) is 3.09. The second kappa shape index (κ2) is 3.73. The first-order valence-electron chi connectivity index (χ1n) is 4.63. The van der Waals surface area contributed by atoms with E-state index >= 15 is 0 Å². The quantitative estimate of drug-likeness (QED) is 0.657. The minimum atomic E-state index is 0.00167. The van der Waals surface area contributed by atoms with Crippen LogP contribution in [0.4, 0.5) is 0 Å². The van der Waals surface area contributed by atoms with E-state index in [9.17, 15) is 0 Å². The van der Waals surface area contributed by atoms with Gasteiger partial charge in [-0.3, -0.25) is 4.90 Å². The lowest BCUT2D eigenvalue weighted by Gasteiger charge is -2.40. The minimum absolute atomic E-state index is 0.00167. The summed E-state index contributed by atoms with van der Waals surface area (Å²) >= 11 is 0. The smallest absolute Gasteiger partial charge is 0.0753 e. The predicted molar refractivity (Wildman–Crippen MR) is 50.1 cm³/mol. The monoisotopic (exact) mass is 172 g/mol. The maximum absolute atomic E-state index is 5.61. The van der Waals surface area contributed by atoms with Gasteiger partial charge in [-0.05, 0) is 20.8 Å². The molecule has 1 aliphatic rings.